The lowest BCUT2D eigenvalue weighted by atomic mass is 9.86. The summed E-state index contributed by atoms with van der Waals surface area (Å²) in [4.78, 5) is 35.7. The molecule has 178 valence electrons. The summed E-state index contributed by atoms with van der Waals surface area (Å²) in [6, 6.07) is 21.3. The molecule has 4 rings (SSSR count). The molecule has 0 spiro atoms. The standard InChI is InChI=1S/C28H27N3O4/c1-28(2,3)21-12-10-20(11-13-21)22-14-9-19(16-29-22)15-23-30-24(27(33)34)25(26(32)31-23)35-17-18-7-5-4-6-8-18/h4-14,16H,15,17H2,1-3H3,(H,33,34)(H,30,31,32). The highest BCUT2D eigenvalue weighted by Gasteiger charge is 2.20. The Bertz CT molecular complexity index is 1370. The fraction of sp³-hybridized carbons (Fsp3) is 0.214. The zero-order chi connectivity index (χ0) is 25.0. The van der Waals surface area contributed by atoms with Crippen molar-refractivity contribution in [1.82, 2.24) is 15.0 Å². The number of nitrogens with one attached hydrogen (secondary N) is 1. The molecule has 0 radical (unpaired) electrons. The fourth-order valence-electron chi connectivity index (χ4n) is 3.64. The van der Waals surface area contributed by atoms with Crippen molar-refractivity contribution in [2.45, 2.75) is 39.2 Å². The van der Waals surface area contributed by atoms with E-state index in [9.17, 15) is 14.7 Å². The number of benzene rings is 2. The van der Waals surface area contributed by atoms with Crippen LogP contribution < -0.4 is 10.3 Å². The molecule has 35 heavy (non-hydrogen) atoms. The molecule has 2 N–H and O–H groups in total. The van der Waals surface area contributed by atoms with Gasteiger partial charge in [-0.3, -0.25) is 9.78 Å². The first kappa shape index (κ1) is 23.9. The Morgan fingerprint density at radius 1 is 0.971 bits per heavy atom. The summed E-state index contributed by atoms with van der Waals surface area (Å²) in [5.74, 6) is -1.41. The number of ether oxygens (including phenoxy) is 1. The molecule has 0 aliphatic rings. The van der Waals surface area contributed by atoms with Crippen LogP contribution in [0.2, 0.25) is 0 Å². The summed E-state index contributed by atoms with van der Waals surface area (Å²) < 4.78 is 5.52. The van der Waals surface area contributed by atoms with Gasteiger partial charge in [-0.15, -0.1) is 0 Å². The number of pyridine rings is 1. The van der Waals surface area contributed by atoms with Crippen molar-refractivity contribution >= 4 is 5.97 Å². The van der Waals surface area contributed by atoms with E-state index in [-0.39, 0.29) is 30.0 Å². The number of rotatable bonds is 7. The number of carboxylic acid groups (broad SMARTS) is 1. The third kappa shape index (κ3) is 5.81. The minimum absolute atomic E-state index is 0.0628. The second kappa shape index (κ2) is 9.93. The molecule has 4 aromatic rings. The van der Waals surface area contributed by atoms with E-state index in [1.165, 1.54) is 5.56 Å². The van der Waals surface area contributed by atoms with Gasteiger partial charge in [0.15, 0.2) is 5.69 Å². The Morgan fingerprint density at radius 2 is 1.69 bits per heavy atom. The molecule has 0 bridgehead atoms. The highest BCUT2D eigenvalue weighted by molar-refractivity contribution is 5.88. The summed E-state index contributed by atoms with van der Waals surface area (Å²) >= 11 is 0. The molecule has 7 heteroatoms. The first-order valence-corrected chi connectivity index (χ1v) is 11.3. The molecular formula is C28H27N3O4. The van der Waals surface area contributed by atoms with Crippen LogP contribution in [0.5, 0.6) is 5.75 Å². The lowest BCUT2D eigenvalue weighted by Crippen LogP contribution is -2.21. The third-order valence-electron chi connectivity index (χ3n) is 5.60. The van der Waals surface area contributed by atoms with Crippen molar-refractivity contribution in [2.24, 2.45) is 0 Å². The van der Waals surface area contributed by atoms with Crippen molar-refractivity contribution < 1.29 is 14.6 Å². The fourth-order valence-corrected chi connectivity index (χ4v) is 3.64. The number of carbonyl (C=O) groups is 1. The van der Waals surface area contributed by atoms with Gasteiger partial charge in [0.25, 0.3) is 5.56 Å². The number of nitrogens with zero attached hydrogens (tertiary/aromatic N) is 2. The summed E-state index contributed by atoms with van der Waals surface area (Å²) in [5, 5.41) is 9.60. The van der Waals surface area contributed by atoms with E-state index in [0.717, 1.165) is 22.4 Å². The summed E-state index contributed by atoms with van der Waals surface area (Å²) in [5.41, 5.74) is 3.71. The first-order chi connectivity index (χ1) is 16.7. The summed E-state index contributed by atoms with van der Waals surface area (Å²) in [6.07, 6.45) is 1.93. The smallest absolute Gasteiger partial charge is 0.358 e. The molecule has 2 aromatic heterocycles. The molecule has 0 fully saturated rings. The quantitative estimate of drug-likeness (QED) is 0.395. The normalized spacial score (nSPS) is 11.3. The number of hydrogen-bond acceptors (Lipinski definition) is 5. The van der Waals surface area contributed by atoms with Crippen molar-refractivity contribution in [3.8, 4) is 17.0 Å². The van der Waals surface area contributed by atoms with Crippen LogP contribution in [0, 0.1) is 0 Å². The van der Waals surface area contributed by atoms with Gasteiger partial charge in [-0.2, -0.15) is 0 Å². The zero-order valence-corrected chi connectivity index (χ0v) is 19.9. The number of aromatic nitrogens is 3. The molecule has 0 amide bonds. The van der Waals surface area contributed by atoms with Gasteiger partial charge in [0.1, 0.15) is 12.4 Å². The molecule has 0 unspecified atom stereocenters. The van der Waals surface area contributed by atoms with Crippen LogP contribution in [0.15, 0.2) is 77.7 Å². The predicted molar refractivity (Wildman–Crippen MR) is 134 cm³/mol. The topological polar surface area (TPSA) is 105 Å². The average Bonchev–Trinajstić information content (AvgIpc) is 2.84. The average molecular weight is 470 g/mol. The molecule has 0 aliphatic heterocycles. The zero-order valence-electron chi connectivity index (χ0n) is 19.9. The van der Waals surface area contributed by atoms with Crippen molar-refractivity contribution in [1.29, 1.82) is 0 Å². The minimum atomic E-state index is -1.33. The molecule has 0 atom stereocenters. The lowest BCUT2D eigenvalue weighted by molar-refractivity contribution is 0.0683. The van der Waals surface area contributed by atoms with Gasteiger partial charge in [-0.05, 0) is 28.2 Å². The predicted octanol–water partition coefficient (Wildman–Crippen LogP) is 5.00. The van der Waals surface area contributed by atoms with Gasteiger partial charge < -0.3 is 14.8 Å². The van der Waals surface area contributed by atoms with E-state index in [4.69, 9.17) is 4.74 Å². The van der Waals surface area contributed by atoms with E-state index < -0.39 is 17.2 Å². The van der Waals surface area contributed by atoms with Gasteiger partial charge in [0, 0.05) is 18.2 Å². The molecule has 2 heterocycles. The first-order valence-electron chi connectivity index (χ1n) is 11.3. The molecule has 0 aliphatic carbocycles. The van der Waals surface area contributed by atoms with Crippen molar-refractivity contribution in [2.75, 3.05) is 0 Å². The van der Waals surface area contributed by atoms with Crippen LogP contribution in [-0.4, -0.2) is 26.0 Å². The van der Waals surface area contributed by atoms with E-state index >= 15 is 0 Å². The largest absolute Gasteiger partial charge is 0.481 e. The number of hydrogen-bond donors (Lipinski definition) is 2. The van der Waals surface area contributed by atoms with E-state index in [1.54, 1.807) is 6.20 Å². The van der Waals surface area contributed by atoms with Crippen molar-refractivity contribution in [3.63, 3.8) is 0 Å². The molecule has 2 aromatic carbocycles. The Labute approximate surface area is 203 Å². The molecule has 0 saturated heterocycles. The second-order valence-corrected chi connectivity index (χ2v) is 9.33. The van der Waals surface area contributed by atoms with Gasteiger partial charge in [-0.25, -0.2) is 9.78 Å². The number of aromatic carboxylic acids is 1. The summed E-state index contributed by atoms with van der Waals surface area (Å²) in [7, 11) is 0. The Hall–Kier alpha value is -4.26. The van der Waals surface area contributed by atoms with E-state index in [1.807, 2.05) is 42.5 Å². The maximum atomic E-state index is 12.6. The third-order valence-corrected chi connectivity index (χ3v) is 5.60. The highest BCUT2D eigenvalue weighted by atomic mass is 16.5. The summed E-state index contributed by atoms with van der Waals surface area (Å²) in [6.45, 7) is 6.58. The minimum Gasteiger partial charge on any atom is -0.481 e. The maximum Gasteiger partial charge on any atom is 0.358 e. The maximum absolute atomic E-state index is 12.6. The van der Waals surface area contributed by atoms with Crippen molar-refractivity contribution in [3.05, 3.63) is 111 Å². The van der Waals surface area contributed by atoms with Crippen LogP contribution in [0.4, 0.5) is 0 Å². The van der Waals surface area contributed by atoms with Crippen LogP contribution in [0.3, 0.4) is 0 Å². The molecule has 7 nitrogen and oxygen atoms in total. The number of H-pyrrole nitrogens is 1. The van der Waals surface area contributed by atoms with Gasteiger partial charge in [0.05, 0.1) is 5.69 Å². The van der Waals surface area contributed by atoms with Gasteiger partial charge >= 0.3 is 5.97 Å². The van der Waals surface area contributed by atoms with Gasteiger partial charge in [0.2, 0.25) is 5.75 Å². The number of carboxylic acids is 1. The lowest BCUT2D eigenvalue weighted by Gasteiger charge is -2.19. The van der Waals surface area contributed by atoms with E-state index in [0.29, 0.717) is 0 Å². The van der Waals surface area contributed by atoms with Crippen LogP contribution in [0.25, 0.3) is 11.3 Å². The van der Waals surface area contributed by atoms with E-state index in [2.05, 4.69) is 60.0 Å². The molecule has 0 saturated carbocycles. The van der Waals surface area contributed by atoms with Crippen LogP contribution in [0.1, 0.15) is 53.8 Å². The monoisotopic (exact) mass is 469 g/mol. The Kier molecular flexibility index (Phi) is 6.78. The van der Waals surface area contributed by atoms with Crippen LogP contribution >= 0.6 is 0 Å². The molecular weight excluding hydrogens is 442 g/mol. The SMILES string of the molecule is CC(C)(C)c1ccc(-c2ccc(Cc3nc(C(=O)O)c(OCc4ccccc4)c(=O)[nH]3)cn2)cc1. The highest BCUT2D eigenvalue weighted by Crippen LogP contribution is 2.25. The Morgan fingerprint density at radius 3 is 2.29 bits per heavy atom. The number of aromatic amines is 1. The van der Waals surface area contributed by atoms with Gasteiger partial charge in [-0.1, -0.05) is 81.4 Å². The second-order valence-electron chi connectivity index (χ2n) is 9.33. The Balaban J connectivity index is 1.51. The van der Waals surface area contributed by atoms with Crippen LogP contribution in [-0.2, 0) is 18.4 Å².